The molecule has 0 amide bonds. The number of ether oxygens (including phenoxy) is 3. The summed E-state index contributed by atoms with van der Waals surface area (Å²) in [6.07, 6.45) is 5.22. The number of nitrogens with zero attached hydrogens (tertiary/aromatic N) is 2. The van der Waals surface area contributed by atoms with Crippen LogP contribution in [0, 0.1) is 23.1 Å². The number of aryl methyl sites for hydroxylation is 1. The Kier molecular flexibility index (Phi) is 12.1. The first-order valence-corrected chi connectivity index (χ1v) is 15.7. The van der Waals surface area contributed by atoms with Gasteiger partial charge in [-0.2, -0.15) is 5.26 Å². The summed E-state index contributed by atoms with van der Waals surface area (Å²) in [5.41, 5.74) is 5.92. The van der Waals surface area contributed by atoms with Gasteiger partial charge < -0.3 is 19.3 Å². The number of fused-ring (bicyclic) bond motifs is 1. The smallest absolute Gasteiger partial charge is 0.311 e. The fourth-order valence-corrected chi connectivity index (χ4v) is 5.34. The second-order valence-corrected chi connectivity index (χ2v) is 11.7. The predicted molar refractivity (Wildman–Crippen MR) is 175 cm³/mol. The Hall–Kier alpha value is -4.45. The molecule has 4 aromatic rings. The molecule has 7 nitrogen and oxygen atoms in total. The predicted octanol–water partition coefficient (Wildman–Crippen LogP) is 8.19. The third-order valence-corrected chi connectivity index (χ3v) is 7.79. The van der Waals surface area contributed by atoms with Crippen LogP contribution in [0.3, 0.4) is 0 Å². The minimum absolute atomic E-state index is 0.0958. The average molecular weight is 645 g/mol. The van der Waals surface area contributed by atoms with Crippen molar-refractivity contribution in [3.05, 3.63) is 112 Å². The zero-order valence-corrected chi connectivity index (χ0v) is 27.2. The van der Waals surface area contributed by atoms with E-state index < -0.39 is 5.92 Å². The largest absolute Gasteiger partial charge is 0.488 e. The number of rotatable bonds is 10. The molecule has 5 rings (SSSR count). The van der Waals surface area contributed by atoms with Gasteiger partial charge in [0.25, 0.3) is 0 Å². The van der Waals surface area contributed by atoms with Gasteiger partial charge >= 0.3 is 5.97 Å². The van der Waals surface area contributed by atoms with Crippen molar-refractivity contribution in [1.82, 2.24) is 4.98 Å². The van der Waals surface area contributed by atoms with Crippen LogP contribution in [0.2, 0.25) is 5.02 Å². The number of halogens is 2. The van der Waals surface area contributed by atoms with Crippen LogP contribution < -0.4 is 9.47 Å². The molecule has 240 valence electrons. The van der Waals surface area contributed by atoms with Crippen LogP contribution >= 0.6 is 11.6 Å². The minimum atomic E-state index is -0.401. The third kappa shape index (κ3) is 8.63. The Balaban J connectivity index is 0.000000416. The molecular formula is C37H38ClFN2O5. The van der Waals surface area contributed by atoms with E-state index in [1.54, 1.807) is 39.1 Å². The van der Waals surface area contributed by atoms with Crippen molar-refractivity contribution in [2.24, 2.45) is 5.92 Å². The molecule has 3 aromatic carbocycles. The third-order valence-electron chi connectivity index (χ3n) is 7.49. The van der Waals surface area contributed by atoms with E-state index in [1.807, 2.05) is 49.4 Å². The van der Waals surface area contributed by atoms with E-state index in [4.69, 9.17) is 36.2 Å². The van der Waals surface area contributed by atoms with Crippen LogP contribution in [-0.4, -0.2) is 28.8 Å². The van der Waals surface area contributed by atoms with E-state index in [2.05, 4.69) is 11.1 Å². The van der Waals surface area contributed by atoms with Crippen molar-refractivity contribution in [2.75, 3.05) is 6.61 Å². The molecule has 0 bridgehead atoms. The Labute approximate surface area is 274 Å². The highest BCUT2D eigenvalue weighted by atomic mass is 35.5. The first-order valence-electron chi connectivity index (χ1n) is 15.3. The number of aliphatic hydroxyl groups is 1. The standard InChI is InChI=1S/C30H24ClFN2O2.C7H14O3/c1-2-21-13-26(31)30(14-29(21)35-18-20-12-19(15-33)16-34-17-20)36-28-11-10-23-22(7-5-8-25(23)28)24-6-3-4-9-27(24)32;1-5(2)10-7(9)6(3)4-8/h3-9,12-14,16-17,28H,2,10-11,18H2,1H3;5-6,8H,4H2,1-3H3/t28-;/m0./s1. The Morgan fingerprint density at radius 3 is 2.54 bits per heavy atom. The van der Waals surface area contributed by atoms with Crippen molar-refractivity contribution >= 4 is 17.6 Å². The molecule has 0 aliphatic heterocycles. The lowest BCUT2D eigenvalue weighted by atomic mass is 9.96. The molecule has 0 saturated carbocycles. The fourth-order valence-electron chi connectivity index (χ4n) is 5.11. The molecule has 1 aromatic heterocycles. The second-order valence-electron chi connectivity index (χ2n) is 11.3. The number of nitriles is 1. The highest BCUT2D eigenvalue weighted by molar-refractivity contribution is 6.32. The Morgan fingerprint density at radius 1 is 1.09 bits per heavy atom. The number of benzene rings is 3. The fraction of sp³-hybridized carbons (Fsp3) is 0.324. The van der Waals surface area contributed by atoms with Gasteiger partial charge in [-0.05, 0) is 80.5 Å². The van der Waals surface area contributed by atoms with Crippen molar-refractivity contribution in [1.29, 1.82) is 5.26 Å². The lowest BCUT2D eigenvalue weighted by molar-refractivity contribution is -0.153. The molecule has 0 fully saturated rings. The highest BCUT2D eigenvalue weighted by Crippen LogP contribution is 2.43. The lowest BCUT2D eigenvalue weighted by Crippen LogP contribution is -2.21. The van der Waals surface area contributed by atoms with Gasteiger partial charge in [-0.15, -0.1) is 0 Å². The number of esters is 1. The maximum atomic E-state index is 14.5. The first kappa shape index (κ1) is 34.4. The quantitative estimate of drug-likeness (QED) is 0.174. The summed E-state index contributed by atoms with van der Waals surface area (Å²) in [4.78, 5) is 14.9. The van der Waals surface area contributed by atoms with Crippen LogP contribution in [-0.2, 0) is 29.0 Å². The Morgan fingerprint density at radius 2 is 1.85 bits per heavy atom. The summed E-state index contributed by atoms with van der Waals surface area (Å²) in [6.45, 7) is 7.35. The van der Waals surface area contributed by atoms with E-state index in [-0.39, 0.29) is 37.2 Å². The number of hydrogen-bond acceptors (Lipinski definition) is 7. The number of aliphatic hydroxyl groups excluding tert-OH is 1. The normalized spacial score (nSPS) is 14.0. The SMILES string of the molecule is CC(C)OC(=O)C(C)CO.CCc1cc(Cl)c(O[C@H]2CCc3c(-c4ccccc4F)cccc32)cc1OCc1cncc(C#N)c1. The van der Waals surface area contributed by atoms with Gasteiger partial charge in [0.05, 0.1) is 29.2 Å². The maximum absolute atomic E-state index is 14.5. The zero-order valence-electron chi connectivity index (χ0n) is 26.4. The van der Waals surface area contributed by atoms with Gasteiger partial charge in [-0.1, -0.05) is 54.9 Å². The summed E-state index contributed by atoms with van der Waals surface area (Å²) in [7, 11) is 0. The van der Waals surface area contributed by atoms with Crippen LogP contribution in [0.1, 0.15) is 68.0 Å². The molecule has 9 heteroatoms. The first-order chi connectivity index (χ1) is 22.1. The summed E-state index contributed by atoms with van der Waals surface area (Å²) in [5.74, 6) is 0.255. The molecule has 1 unspecified atom stereocenters. The monoisotopic (exact) mass is 644 g/mol. The number of pyridine rings is 1. The average Bonchev–Trinajstić information content (AvgIpc) is 3.47. The van der Waals surface area contributed by atoms with Crippen molar-refractivity contribution in [3.8, 4) is 28.7 Å². The number of carbonyl (C=O) groups is 1. The highest BCUT2D eigenvalue weighted by Gasteiger charge is 2.28. The molecule has 0 radical (unpaired) electrons. The molecule has 1 N–H and O–H groups in total. The zero-order chi connectivity index (χ0) is 33.2. The molecule has 2 atom stereocenters. The van der Waals surface area contributed by atoms with Crippen molar-refractivity contribution < 1.29 is 28.5 Å². The molecule has 46 heavy (non-hydrogen) atoms. The number of carbonyl (C=O) groups excluding carboxylic acids is 1. The van der Waals surface area contributed by atoms with E-state index in [1.165, 1.54) is 12.3 Å². The van der Waals surface area contributed by atoms with E-state index in [9.17, 15) is 9.18 Å². The molecule has 0 saturated heterocycles. The van der Waals surface area contributed by atoms with Crippen LogP contribution in [0.4, 0.5) is 4.39 Å². The van der Waals surface area contributed by atoms with Gasteiger partial charge in [0.15, 0.2) is 0 Å². The number of hydrogen-bond donors (Lipinski definition) is 1. The molecular weight excluding hydrogens is 607 g/mol. The van der Waals surface area contributed by atoms with Gasteiger partial charge in [-0.3, -0.25) is 9.78 Å². The van der Waals surface area contributed by atoms with E-state index in [0.717, 1.165) is 47.1 Å². The van der Waals surface area contributed by atoms with Crippen LogP contribution in [0.5, 0.6) is 11.5 Å². The summed E-state index contributed by atoms with van der Waals surface area (Å²) in [6, 6.07) is 20.4. The lowest BCUT2D eigenvalue weighted by Gasteiger charge is -2.19. The topological polar surface area (TPSA) is 102 Å². The maximum Gasteiger partial charge on any atom is 0.311 e. The van der Waals surface area contributed by atoms with Crippen molar-refractivity contribution in [2.45, 2.75) is 65.8 Å². The Bertz CT molecular complexity index is 1700. The minimum Gasteiger partial charge on any atom is -0.488 e. The molecule has 1 aliphatic rings. The molecule has 1 heterocycles. The summed E-state index contributed by atoms with van der Waals surface area (Å²) >= 11 is 6.61. The van der Waals surface area contributed by atoms with Gasteiger partial charge in [0, 0.05) is 29.6 Å². The van der Waals surface area contributed by atoms with E-state index in [0.29, 0.717) is 27.6 Å². The summed E-state index contributed by atoms with van der Waals surface area (Å²) in [5, 5.41) is 18.2. The number of aromatic nitrogens is 1. The van der Waals surface area contributed by atoms with Gasteiger partial charge in [0.2, 0.25) is 0 Å². The van der Waals surface area contributed by atoms with Crippen LogP contribution in [0.25, 0.3) is 11.1 Å². The second kappa shape index (κ2) is 16.2. The summed E-state index contributed by atoms with van der Waals surface area (Å²) < 4.78 is 31.8. The molecule has 1 aliphatic carbocycles. The van der Waals surface area contributed by atoms with Crippen molar-refractivity contribution in [3.63, 3.8) is 0 Å². The van der Waals surface area contributed by atoms with Gasteiger partial charge in [-0.25, -0.2) is 4.39 Å². The van der Waals surface area contributed by atoms with Gasteiger partial charge in [0.1, 0.15) is 36.1 Å². The van der Waals surface area contributed by atoms with Crippen LogP contribution in [0.15, 0.2) is 73.1 Å². The molecule has 0 spiro atoms. The van der Waals surface area contributed by atoms with E-state index >= 15 is 0 Å².